The molecule has 2 heterocycles. The van der Waals surface area contributed by atoms with Crippen LogP contribution in [0, 0.1) is 0 Å². The lowest BCUT2D eigenvalue weighted by molar-refractivity contribution is 1.13. The van der Waals surface area contributed by atoms with Crippen LogP contribution in [0.2, 0.25) is 0 Å². The quantitative estimate of drug-likeness (QED) is 0.550. The number of hydrogen-bond acceptors (Lipinski definition) is 2. The second-order valence-corrected chi connectivity index (χ2v) is 5.65. The Bertz CT molecular complexity index is 949. The number of fused-ring (bicyclic) bond motifs is 3. The van der Waals surface area contributed by atoms with E-state index in [1.807, 2.05) is 6.07 Å². The van der Waals surface area contributed by atoms with Crippen LogP contribution < -0.4 is 4.90 Å². The fraction of sp³-hybridized carbons (Fsp3) is 0.105. The first-order chi connectivity index (χ1) is 10.7. The van der Waals surface area contributed by atoms with Crippen molar-refractivity contribution in [3.8, 4) is 11.3 Å². The van der Waals surface area contributed by atoms with Crippen LogP contribution in [-0.2, 0) is 0 Å². The van der Waals surface area contributed by atoms with Gasteiger partial charge in [0.25, 0.3) is 0 Å². The molecule has 0 radical (unpaired) electrons. The Labute approximate surface area is 129 Å². The van der Waals surface area contributed by atoms with Gasteiger partial charge in [0, 0.05) is 31.5 Å². The monoisotopic (exact) mass is 287 g/mol. The van der Waals surface area contributed by atoms with Crippen LogP contribution in [0.1, 0.15) is 0 Å². The molecule has 4 rings (SSSR count). The Morgan fingerprint density at radius 3 is 2.32 bits per heavy atom. The molecule has 0 aliphatic heterocycles. The SMILES string of the molecule is CN(C)c1ccc(-c2nc3ccccc3n3cccc23)cc1. The van der Waals surface area contributed by atoms with Gasteiger partial charge in [0.1, 0.15) is 0 Å². The van der Waals surface area contributed by atoms with Gasteiger partial charge in [-0.1, -0.05) is 24.3 Å². The van der Waals surface area contributed by atoms with Crippen LogP contribution in [-0.4, -0.2) is 23.5 Å². The fourth-order valence-electron chi connectivity index (χ4n) is 2.85. The highest BCUT2D eigenvalue weighted by Gasteiger charge is 2.09. The second-order valence-electron chi connectivity index (χ2n) is 5.65. The first-order valence-electron chi connectivity index (χ1n) is 7.37. The molecular formula is C19H17N3. The summed E-state index contributed by atoms with van der Waals surface area (Å²) in [6, 6.07) is 21.0. The molecule has 0 spiro atoms. The maximum atomic E-state index is 4.89. The van der Waals surface area contributed by atoms with Crippen molar-refractivity contribution in [2.24, 2.45) is 0 Å². The molecule has 0 saturated carbocycles. The molecule has 4 aromatic rings. The molecule has 0 aliphatic carbocycles. The highest BCUT2D eigenvalue weighted by Crippen LogP contribution is 2.28. The molecule has 2 aromatic heterocycles. The normalized spacial score (nSPS) is 11.2. The number of hydrogen-bond donors (Lipinski definition) is 0. The summed E-state index contributed by atoms with van der Waals surface area (Å²) in [5.74, 6) is 0. The van der Waals surface area contributed by atoms with E-state index in [-0.39, 0.29) is 0 Å². The number of aromatic nitrogens is 2. The van der Waals surface area contributed by atoms with E-state index in [4.69, 9.17) is 4.98 Å². The standard InChI is InChI=1S/C19H17N3/c1-21(2)15-11-9-14(10-12-15)19-18-8-5-13-22(18)17-7-4-3-6-16(17)20-19/h3-13H,1-2H3. The largest absolute Gasteiger partial charge is 0.378 e. The summed E-state index contributed by atoms with van der Waals surface area (Å²) in [7, 11) is 4.10. The van der Waals surface area contributed by atoms with E-state index in [1.165, 1.54) is 5.69 Å². The lowest BCUT2D eigenvalue weighted by atomic mass is 10.1. The van der Waals surface area contributed by atoms with Crippen LogP contribution in [0.5, 0.6) is 0 Å². The van der Waals surface area contributed by atoms with E-state index in [2.05, 4.69) is 84.2 Å². The predicted octanol–water partition coefficient (Wildman–Crippen LogP) is 4.22. The molecule has 2 aromatic carbocycles. The first-order valence-corrected chi connectivity index (χ1v) is 7.37. The van der Waals surface area contributed by atoms with Crippen LogP contribution in [0.4, 0.5) is 5.69 Å². The highest BCUT2D eigenvalue weighted by molar-refractivity contribution is 5.87. The van der Waals surface area contributed by atoms with Crippen molar-refractivity contribution in [1.82, 2.24) is 9.38 Å². The molecule has 108 valence electrons. The third-order valence-electron chi connectivity index (χ3n) is 4.02. The zero-order chi connectivity index (χ0) is 15.1. The Morgan fingerprint density at radius 1 is 0.818 bits per heavy atom. The van der Waals surface area contributed by atoms with Gasteiger partial charge in [-0.05, 0) is 36.4 Å². The first kappa shape index (κ1) is 12.9. The number of rotatable bonds is 2. The molecule has 3 heteroatoms. The van der Waals surface area contributed by atoms with Crippen LogP contribution in [0.3, 0.4) is 0 Å². The van der Waals surface area contributed by atoms with Gasteiger partial charge in [-0.3, -0.25) is 0 Å². The molecule has 0 fully saturated rings. The zero-order valence-electron chi connectivity index (χ0n) is 12.7. The number of anilines is 1. The molecule has 0 aliphatic rings. The average molecular weight is 287 g/mol. The topological polar surface area (TPSA) is 20.5 Å². The Hall–Kier alpha value is -2.81. The van der Waals surface area contributed by atoms with Crippen LogP contribution in [0.15, 0.2) is 66.9 Å². The summed E-state index contributed by atoms with van der Waals surface area (Å²) < 4.78 is 2.21. The Kier molecular flexibility index (Phi) is 2.86. The summed E-state index contributed by atoms with van der Waals surface area (Å²) in [5.41, 5.74) is 6.63. The predicted molar refractivity (Wildman–Crippen MR) is 92.5 cm³/mol. The maximum Gasteiger partial charge on any atom is 0.0950 e. The zero-order valence-corrected chi connectivity index (χ0v) is 12.7. The molecule has 0 atom stereocenters. The van der Waals surface area contributed by atoms with E-state index < -0.39 is 0 Å². The minimum atomic E-state index is 1.01. The van der Waals surface area contributed by atoms with E-state index in [9.17, 15) is 0 Å². The molecule has 3 nitrogen and oxygen atoms in total. The lowest BCUT2D eigenvalue weighted by Crippen LogP contribution is -2.08. The maximum absolute atomic E-state index is 4.89. The van der Waals surface area contributed by atoms with Crippen molar-refractivity contribution in [1.29, 1.82) is 0 Å². The fourth-order valence-corrected chi connectivity index (χ4v) is 2.85. The molecule has 0 saturated heterocycles. The second kappa shape index (κ2) is 4.88. The molecule has 0 N–H and O–H groups in total. The van der Waals surface area contributed by atoms with Gasteiger partial charge in [-0.2, -0.15) is 0 Å². The van der Waals surface area contributed by atoms with E-state index in [0.717, 1.165) is 27.8 Å². The highest BCUT2D eigenvalue weighted by atomic mass is 15.1. The van der Waals surface area contributed by atoms with Crippen molar-refractivity contribution >= 4 is 22.2 Å². The lowest BCUT2D eigenvalue weighted by Gasteiger charge is -2.13. The summed E-state index contributed by atoms with van der Waals surface area (Å²) in [5, 5.41) is 0. The van der Waals surface area contributed by atoms with Gasteiger partial charge in [0.2, 0.25) is 0 Å². The minimum Gasteiger partial charge on any atom is -0.378 e. The van der Waals surface area contributed by atoms with Crippen molar-refractivity contribution in [3.05, 3.63) is 66.9 Å². The molecular weight excluding hydrogens is 270 g/mol. The van der Waals surface area contributed by atoms with Crippen LogP contribution in [0.25, 0.3) is 27.8 Å². The number of para-hydroxylation sites is 2. The van der Waals surface area contributed by atoms with E-state index >= 15 is 0 Å². The van der Waals surface area contributed by atoms with Crippen molar-refractivity contribution in [2.45, 2.75) is 0 Å². The van der Waals surface area contributed by atoms with Gasteiger partial charge in [-0.15, -0.1) is 0 Å². The number of benzene rings is 2. The van der Waals surface area contributed by atoms with E-state index in [1.54, 1.807) is 0 Å². The molecule has 0 bridgehead atoms. The minimum absolute atomic E-state index is 1.01. The smallest absolute Gasteiger partial charge is 0.0950 e. The molecule has 0 amide bonds. The van der Waals surface area contributed by atoms with Gasteiger partial charge < -0.3 is 9.30 Å². The van der Waals surface area contributed by atoms with Crippen molar-refractivity contribution in [3.63, 3.8) is 0 Å². The summed E-state index contributed by atoms with van der Waals surface area (Å²) in [4.78, 5) is 6.99. The summed E-state index contributed by atoms with van der Waals surface area (Å²) in [6.45, 7) is 0. The van der Waals surface area contributed by atoms with Gasteiger partial charge in [0.15, 0.2) is 0 Å². The molecule has 22 heavy (non-hydrogen) atoms. The Balaban J connectivity index is 1.98. The van der Waals surface area contributed by atoms with Gasteiger partial charge >= 0.3 is 0 Å². The summed E-state index contributed by atoms with van der Waals surface area (Å²) >= 11 is 0. The Morgan fingerprint density at radius 2 is 1.55 bits per heavy atom. The average Bonchev–Trinajstić information content (AvgIpc) is 3.04. The summed E-state index contributed by atoms with van der Waals surface area (Å²) in [6.07, 6.45) is 2.09. The van der Waals surface area contributed by atoms with E-state index in [0.29, 0.717) is 0 Å². The van der Waals surface area contributed by atoms with Crippen molar-refractivity contribution < 1.29 is 0 Å². The van der Waals surface area contributed by atoms with Crippen LogP contribution >= 0.6 is 0 Å². The van der Waals surface area contributed by atoms with Gasteiger partial charge in [0.05, 0.1) is 22.2 Å². The molecule has 0 unspecified atom stereocenters. The third-order valence-corrected chi connectivity index (χ3v) is 4.02. The number of nitrogens with zero attached hydrogens (tertiary/aromatic N) is 3. The van der Waals surface area contributed by atoms with Crippen molar-refractivity contribution in [2.75, 3.05) is 19.0 Å². The van der Waals surface area contributed by atoms with Gasteiger partial charge in [-0.25, -0.2) is 4.98 Å². The third kappa shape index (κ3) is 1.94.